The molecule has 112 valence electrons. The van der Waals surface area contributed by atoms with Gasteiger partial charge < -0.3 is 10.1 Å². The fraction of sp³-hybridized carbons (Fsp3) is 0.214. The Morgan fingerprint density at radius 3 is 2.43 bits per heavy atom. The predicted octanol–water partition coefficient (Wildman–Crippen LogP) is 4.91. The summed E-state index contributed by atoms with van der Waals surface area (Å²) in [4.78, 5) is 4.18. The highest BCUT2D eigenvalue weighted by Crippen LogP contribution is 2.37. The topological polar surface area (TPSA) is 34.1 Å². The van der Waals surface area contributed by atoms with Gasteiger partial charge in [-0.05, 0) is 30.7 Å². The molecule has 1 heterocycles. The molecule has 1 N–H and O–H groups in total. The van der Waals surface area contributed by atoms with Crippen LogP contribution in [0.5, 0.6) is 5.75 Å². The van der Waals surface area contributed by atoms with Crippen LogP contribution in [0.2, 0.25) is 10.0 Å². The lowest BCUT2D eigenvalue weighted by Crippen LogP contribution is -2.04. The quantitative estimate of drug-likeness (QED) is 0.844. The average Bonchev–Trinajstić information content (AvgIpc) is 2.42. The summed E-state index contributed by atoms with van der Waals surface area (Å²) in [6, 6.07) is 6.79. The van der Waals surface area contributed by atoms with Crippen LogP contribution in [0.3, 0.4) is 0 Å². The standard InChI is InChI=1S/C14H12Cl2F2N2O/c1-8-2-3-9(6-19-8)7-20-10-4-11(15)13(12(16)5-10)21-14(17)18/h2-6,14,20H,7H2,1H3. The molecular weight excluding hydrogens is 321 g/mol. The summed E-state index contributed by atoms with van der Waals surface area (Å²) in [5, 5.41) is 3.13. The molecule has 0 bridgehead atoms. The maximum Gasteiger partial charge on any atom is 0.387 e. The van der Waals surface area contributed by atoms with E-state index >= 15 is 0 Å². The van der Waals surface area contributed by atoms with E-state index in [9.17, 15) is 8.78 Å². The van der Waals surface area contributed by atoms with Gasteiger partial charge in [-0.3, -0.25) is 4.98 Å². The van der Waals surface area contributed by atoms with E-state index in [0.717, 1.165) is 11.3 Å². The van der Waals surface area contributed by atoms with Crippen LogP contribution >= 0.6 is 23.2 Å². The molecular formula is C14H12Cl2F2N2O. The van der Waals surface area contributed by atoms with Crippen molar-refractivity contribution in [3.63, 3.8) is 0 Å². The zero-order chi connectivity index (χ0) is 15.4. The number of aromatic nitrogens is 1. The lowest BCUT2D eigenvalue weighted by atomic mass is 10.2. The maximum atomic E-state index is 12.2. The number of hydrogen-bond donors (Lipinski definition) is 1. The number of alkyl halides is 2. The van der Waals surface area contributed by atoms with Gasteiger partial charge in [-0.15, -0.1) is 0 Å². The molecule has 0 unspecified atom stereocenters. The number of rotatable bonds is 5. The first-order valence-electron chi connectivity index (χ1n) is 6.05. The first-order valence-corrected chi connectivity index (χ1v) is 6.80. The van der Waals surface area contributed by atoms with E-state index in [2.05, 4.69) is 15.0 Å². The zero-order valence-corrected chi connectivity index (χ0v) is 12.6. The van der Waals surface area contributed by atoms with Gasteiger partial charge in [0.15, 0.2) is 5.75 Å². The third kappa shape index (κ3) is 4.44. The lowest BCUT2D eigenvalue weighted by Gasteiger charge is -2.12. The minimum atomic E-state index is -2.97. The average molecular weight is 333 g/mol. The normalized spacial score (nSPS) is 10.8. The number of hydrogen-bond acceptors (Lipinski definition) is 3. The summed E-state index contributed by atoms with van der Waals surface area (Å²) in [7, 11) is 0. The molecule has 0 atom stereocenters. The second-order valence-electron chi connectivity index (χ2n) is 4.31. The van der Waals surface area contributed by atoms with Crippen LogP contribution < -0.4 is 10.1 Å². The predicted molar refractivity (Wildman–Crippen MR) is 79.4 cm³/mol. The fourth-order valence-electron chi connectivity index (χ4n) is 1.67. The van der Waals surface area contributed by atoms with Crippen molar-refractivity contribution in [2.75, 3.05) is 5.32 Å². The zero-order valence-electron chi connectivity index (χ0n) is 11.0. The fourth-order valence-corrected chi connectivity index (χ4v) is 2.25. The van der Waals surface area contributed by atoms with Crippen LogP contribution in [-0.2, 0) is 6.54 Å². The Labute approximate surface area is 130 Å². The van der Waals surface area contributed by atoms with Crippen molar-refractivity contribution in [1.82, 2.24) is 4.98 Å². The summed E-state index contributed by atoms with van der Waals surface area (Å²) in [5.41, 5.74) is 2.51. The van der Waals surface area contributed by atoms with Gasteiger partial charge in [0.05, 0.1) is 10.0 Å². The van der Waals surface area contributed by atoms with Crippen LogP contribution in [0.15, 0.2) is 30.5 Å². The number of nitrogens with one attached hydrogen (secondary N) is 1. The number of benzene rings is 1. The number of pyridine rings is 1. The second-order valence-corrected chi connectivity index (χ2v) is 5.12. The van der Waals surface area contributed by atoms with Crippen LogP contribution in [0.1, 0.15) is 11.3 Å². The molecule has 0 aliphatic carbocycles. The van der Waals surface area contributed by atoms with E-state index in [4.69, 9.17) is 23.2 Å². The molecule has 0 saturated heterocycles. The van der Waals surface area contributed by atoms with Crippen LogP contribution in [-0.4, -0.2) is 11.6 Å². The van der Waals surface area contributed by atoms with Crippen molar-refractivity contribution >= 4 is 28.9 Å². The largest absolute Gasteiger partial charge is 0.432 e. The van der Waals surface area contributed by atoms with Crippen molar-refractivity contribution in [1.29, 1.82) is 0 Å². The van der Waals surface area contributed by atoms with Gasteiger partial charge in [-0.1, -0.05) is 29.3 Å². The van der Waals surface area contributed by atoms with Gasteiger partial charge in [0.2, 0.25) is 0 Å². The molecule has 0 fully saturated rings. The summed E-state index contributed by atoms with van der Waals surface area (Å²) in [5.74, 6) is -0.226. The van der Waals surface area contributed by atoms with E-state index in [1.807, 2.05) is 19.1 Å². The number of anilines is 1. The van der Waals surface area contributed by atoms with Crippen molar-refractivity contribution in [3.05, 3.63) is 51.8 Å². The molecule has 0 spiro atoms. The molecule has 3 nitrogen and oxygen atoms in total. The third-order valence-electron chi connectivity index (χ3n) is 2.67. The minimum absolute atomic E-state index is 0.0207. The summed E-state index contributed by atoms with van der Waals surface area (Å²) in [6.07, 6.45) is 1.75. The Morgan fingerprint density at radius 2 is 1.90 bits per heavy atom. The number of ether oxygens (including phenoxy) is 1. The molecule has 0 aliphatic heterocycles. The molecule has 0 radical (unpaired) electrons. The highest BCUT2D eigenvalue weighted by atomic mass is 35.5. The van der Waals surface area contributed by atoms with Crippen molar-refractivity contribution in [3.8, 4) is 5.75 Å². The van der Waals surface area contributed by atoms with E-state index in [-0.39, 0.29) is 15.8 Å². The van der Waals surface area contributed by atoms with Gasteiger partial charge in [-0.25, -0.2) is 0 Å². The Balaban J connectivity index is 2.09. The SMILES string of the molecule is Cc1ccc(CNc2cc(Cl)c(OC(F)F)c(Cl)c2)cn1. The molecule has 0 amide bonds. The van der Waals surface area contributed by atoms with Gasteiger partial charge >= 0.3 is 6.61 Å². The van der Waals surface area contributed by atoms with Gasteiger partial charge in [0.1, 0.15) is 0 Å². The smallest absolute Gasteiger partial charge is 0.387 e. The number of nitrogens with zero attached hydrogens (tertiary/aromatic N) is 1. The highest BCUT2D eigenvalue weighted by Gasteiger charge is 2.14. The molecule has 1 aromatic carbocycles. The van der Waals surface area contributed by atoms with Crippen molar-refractivity contribution in [2.24, 2.45) is 0 Å². The highest BCUT2D eigenvalue weighted by molar-refractivity contribution is 6.37. The molecule has 0 aliphatic rings. The number of halogens is 4. The Hall–Kier alpha value is -1.59. The Bertz CT molecular complexity index is 598. The molecule has 21 heavy (non-hydrogen) atoms. The van der Waals surface area contributed by atoms with E-state index < -0.39 is 6.61 Å². The molecule has 1 aromatic heterocycles. The third-order valence-corrected chi connectivity index (χ3v) is 3.24. The van der Waals surface area contributed by atoms with Crippen molar-refractivity contribution < 1.29 is 13.5 Å². The number of aryl methyl sites for hydroxylation is 1. The second kappa shape index (κ2) is 6.91. The summed E-state index contributed by atoms with van der Waals surface area (Å²) in [6.45, 7) is -0.564. The lowest BCUT2D eigenvalue weighted by molar-refractivity contribution is -0.0497. The molecule has 0 saturated carbocycles. The monoisotopic (exact) mass is 332 g/mol. The first kappa shape index (κ1) is 15.8. The van der Waals surface area contributed by atoms with E-state index in [1.54, 1.807) is 6.20 Å². The Morgan fingerprint density at radius 1 is 1.24 bits per heavy atom. The van der Waals surface area contributed by atoms with Gasteiger partial charge in [0, 0.05) is 24.1 Å². The van der Waals surface area contributed by atoms with Crippen LogP contribution in [0.25, 0.3) is 0 Å². The van der Waals surface area contributed by atoms with Crippen LogP contribution in [0.4, 0.5) is 14.5 Å². The summed E-state index contributed by atoms with van der Waals surface area (Å²) >= 11 is 11.8. The van der Waals surface area contributed by atoms with Crippen molar-refractivity contribution in [2.45, 2.75) is 20.1 Å². The van der Waals surface area contributed by atoms with E-state index in [1.165, 1.54) is 12.1 Å². The van der Waals surface area contributed by atoms with Gasteiger partial charge in [0.25, 0.3) is 0 Å². The molecule has 2 rings (SSSR count). The Kier molecular flexibility index (Phi) is 5.20. The molecule has 2 aromatic rings. The molecule has 7 heteroatoms. The minimum Gasteiger partial charge on any atom is -0.432 e. The van der Waals surface area contributed by atoms with Crippen LogP contribution in [0, 0.1) is 6.92 Å². The maximum absolute atomic E-state index is 12.2. The first-order chi connectivity index (χ1) is 9.95. The van der Waals surface area contributed by atoms with E-state index in [0.29, 0.717) is 12.2 Å². The summed E-state index contributed by atoms with van der Waals surface area (Å²) < 4.78 is 28.7. The van der Waals surface area contributed by atoms with Gasteiger partial charge in [-0.2, -0.15) is 8.78 Å².